The van der Waals surface area contributed by atoms with Crippen LogP contribution >= 0.6 is 0 Å². The molecule has 6 nitrogen and oxygen atoms in total. The van der Waals surface area contributed by atoms with E-state index >= 15 is 0 Å². The molecule has 0 aliphatic heterocycles. The Hall–Kier alpha value is -3.80. The van der Waals surface area contributed by atoms with Gasteiger partial charge in [0.1, 0.15) is 5.75 Å². The topological polar surface area (TPSA) is 79.5 Å². The molecule has 0 atom stereocenters. The molecule has 3 rings (SSSR count). The number of benzene rings is 3. The maximum Gasteiger partial charge on any atom is 0.323 e. The third-order valence-corrected chi connectivity index (χ3v) is 3.86. The molecule has 0 bridgehead atoms. The molecule has 0 aromatic heterocycles. The fraction of sp³-hybridized carbons (Fsp3) is 0.0909. The van der Waals surface area contributed by atoms with Crippen molar-refractivity contribution in [3.8, 4) is 5.75 Å². The maximum absolute atomic E-state index is 12.4. The molecule has 0 aliphatic rings. The molecule has 0 saturated carbocycles. The van der Waals surface area contributed by atoms with E-state index in [0.717, 1.165) is 5.75 Å². The van der Waals surface area contributed by atoms with Gasteiger partial charge < -0.3 is 20.7 Å². The minimum atomic E-state index is -0.349. The summed E-state index contributed by atoms with van der Waals surface area (Å²) in [6.07, 6.45) is 0. The van der Waals surface area contributed by atoms with Gasteiger partial charge in [0.15, 0.2) is 0 Å². The lowest BCUT2D eigenvalue weighted by molar-refractivity contribution is 0.102. The number of rotatable bonds is 6. The summed E-state index contributed by atoms with van der Waals surface area (Å²) in [6, 6.07) is 22.6. The Morgan fingerprint density at radius 1 is 0.714 bits per heavy atom. The van der Waals surface area contributed by atoms with Crippen molar-refractivity contribution in [1.82, 2.24) is 0 Å². The van der Waals surface area contributed by atoms with Gasteiger partial charge in [0, 0.05) is 22.6 Å². The zero-order chi connectivity index (χ0) is 19.8. The van der Waals surface area contributed by atoms with Crippen LogP contribution in [0.3, 0.4) is 0 Å². The highest BCUT2D eigenvalue weighted by molar-refractivity contribution is 6.05. The van der Waals surface area contributed by atoms with Crippen LogP contribution in [0.15, 0.2) is 78.9 Å². The minimum Gasteiger partial charge on any atom is -0.494 e. The van der Waals surface area contributed by atoms with Gasteiger partial charge in [-0.25, -0.2) is 4.79 Å². The van der Waals surface area contributed by atoms with Gasteiger partial charge in [0.2, 0.25) is 0 Å². The van der Waals surface area contributed by atoms with Gasteiger partial charge in [-0.1, -0.05) is 18.2 Å². The standard InChI is InChI=1S/C22H21N3O3/c1-2-28-20-14-12-18(13-15-20)23-21(26)16-8-10-19(11-9-16)25-22(27)24-17-6-4-3-5-7-17/h3-15H,2H2,1H3,(H,23,26)(H2,24,25,27). The first kappa shape index (κ1) is 19.0. The Labute approximate surface area is 163 Å². The van der Waals surface area contributed by atoms with Crippen LogP contribution in [0.25, 0.3) is 0 Å². The molecule has 0 heterocycles. The van der Waals surface area contributed by atoms with Crippen LogP contribution < -0.4 is 20.7 Å². The summed E-state index contributed by atoms with van der Waals surface area (Å²) in [5.74, 6) is 0.522. The third-order valence-electron chi connectivity index (χ3n) is 3.86. The average molecular weight is 375 g/mol. The van der Waals surface area contributed by atoms with Crippen molar-refractivity contribution < 1.29 is 14.3 Å². The monoisotopic (exact) mass is 375 g/mol. The Balaban J connectivity index is 1.55. The molecular weight excluding hydrogens is 354 g/mol. The Morgan fingerprint density at radius 3 is 1.86 bits per heavy atom. The second-order valence-electron chi connectivity index (χ2n) is 5.93. The normalized spacial score (nSPS) is 10.0. The number of nitrogens with one attached hydrogen (secondary N) is 3. The van der Waals surface area contributed by atoms with Crippen LogP contribution in [0.2, 0.25) is 0 Å². The van der Waals surface area contributed by atoms with E-state index < -0.39 is 0 Å². The highest BCUT2D eigenvalue weighted by atomic mass is 16.5. The quantitative estimate of drug-likeness (QED) is 0.568. The molecule has 3 aromatic rings. The number of anilines is 3. The SMILES string of the molecule is CCOc1ccc(NC(=O)c2ccc(NC(=O)Nc3ccccc3)cc2)cc1. The van der Waals surface area contributed by atoms with Crippen LogP contribution in [-0.2, 0) is 0 Å². The van der Waals surface area contributed by atoms with Gasteiger partial charge in [-0.05, 0) is 67.6 Å². The van der Waals surface area contributed by atoms with E-state index in [1.807, 2.05) is 25.1 Å². The van der Waals surface area contributed by atoms with Gasteiger partial charge in [-0.2, -0.15) is 0 Å². The summed E-state index contributed by atoms with van der Waals surface area (Å²) in [6.45, 7) is 2.51. The van der Waals surface area contributed by atoms with Gasteiger partial charge in [-0.15, -0.1) is 0 Å². The zero-order valence-electron chi connectivity index (χ0n) is 15.4. The predicted molar refractivity (Wildman–Crippen MR) is 111 cm³/mol. The van der Waals surface area contributed by atoms with Crippen LogP contribution in [0, 0.1) is 0 Å². The van der Waals surface area contributed by atoms with Crippen molar-refractivity contribution in [1.29, 1.82) is 0 Å². The van der Waals surface area contributed by atoms with E-state index in [0.29, 0.717) is 29.2 Å². The second kappa shape index (κ2) is 9.23. The minimum absolute atomic E-state index is 0.232. The molecule has 0 fully saturated rings. The molecule has 142 valence electrons. The summed E-state index contributed by atoms with van der Waals surface area (Å²) >= 11 is 0. The lowest BCUT2D eigenvalue weighted by Crippen LogP contribution is -2.19. The van der Waals surface area contributed by atoms with Crippen LogP contribution in [0.4, 0.5) is 21.9 Å². The predicted octanol–water partition coefficient (Wildman–Crippen LogP) is 4.98. The van der Waals surface area contributed by atoms with E-state index in [9.17, 15) is 9.59 Å². The van der Waals surface area contributed by atoms with Crippen molar-refractivity contribution in [2.24, 2.45) is 0 Å². The first-order valence-electron chi connectivity index (χ1n) is 8.91. The number of urea groups is 1. The number of ether oxygens (including phenoxy) is 1. The molecule has 28 heavy (non-hydrogen) atoms. The lowest BCUT2D eigenvalue weighted by Gasteiger charge is -2.09. The first-order valence-corrected chi connectivity index (χ1v) is 8.91. The third kappa shape index (κ3) is 5.35. The first-order chi connectivity index (χ1) is 13.6. The summed E-state index contributed by atoms with van der Waals surface area (Å²) in [7, 11) is 0. The summed E-state index contributed by atoms with van der Waals surface area (Å²) < 4.78 is 5.38. The highest BCUT2D eigenvalue weighted by Crippen LogP contribution is 2.17. The summed E-state index contributed by atoms with van der Waals surface area (Å²) in [5, 5.41) is 8.29. The molecular formula is C22H21N3O3. The van der Waals surface area contributed by atoms with Gasteiger partial charge in [0.05, 0.1) is 6.61 Å². The molecule has 0 aliphatic carbocycles. The molecule has 3 aromatic carbocycles. The lowest BCUT2D eigenvalue weighted by atomic mass is 10.2. The molecule has 0 unspecified atom stereocenters. The Morgan fingerprint density at radius 2 is 1.25 bits per heavy atom. The zero-order valence-corrected chi connectivity index (χ0v) is 15.4. The number of para-hydroxylation sites is 1. The second-order valence-corrected chi connectivity index (χ2v) is 5.93. The maximum atomic E-state index is 12.4. The Kier molecular flexibility index (Phi) is 6.25. The van der Waals surface area contributed by atoms with Crippen molar-refractivity contribution in [2.75, 3.05) is 22.6 Å². The average Bonchev–Trinajstić information content (AvgIpc) is 2.71. The largest absolute Gasteiger partial charge is 0.494 e. The molecule has 0 radical (unpaired) electrons. The molecule has 3 amide bonds. The molecule has 6 heteroatoms. The summed E-state index contributed by atoms with van der Waals surface area (Å²) in [4.78, 5) is 24.4. The van der Waals surface area contributed by atoms with Crippen LogP contribution in [-0.4, -0.2) is 18.5 Å². The Bertz CT molecular complexity index is 924. The summed E-state index contributed by atoms with van der Waals surface area (Å²) in [5.41, 5.74) is 2.46. The number of amides is 3. The molecule has 0 spiro atoms. The van der Waals surface area contributed by atoms with Crippen LogP contribution in [0.5, 0.6) is 5.75 Å². The van der Waals surface area contributed by atoms with E-state index in [1.165, 1.54) is 0 Å². The van der Waals surface area contributed by atoms with Crippen molar-refractivity contribution >= 4 is 29.0 Å². The smallest absolute Gasteiger partial charge is 0.323 e. The molecule has 0 saturated heterocycles. The van der Waals surface area contributed by atoms with Gasteiger partial charge in [0.25, 0.3) is 5.91 Å². The number of carbonyl (C=O) groups is 2. The fourth-order valence-corrected chi connectivity index (χ4v) is 2.52. The van der Waals surface area contributed by atoms with Crippen molar-refractivity contribution in [3.63, 3.8) is 0 Å². The van der Waals surface area contributed by atoms with E-state index in [2.05, 4.69) is 16.0 Å². The van der Waals surface area contributed by atoms with Gasteiger partial charge >= 0.3 is 6.03 Å². The van der Waals surface area contributed by atoms with Gasteiger partial charge in [-0.3, -0.25) is 4.79 Å². The van der Waals surface area contributed by atoms with Crippen molar-refractivity contribution in [3.05, 3.63) is 84.4 Å². The number of hydrogen-bond donors (Lipinski definition) is 3. The number of hydrogen-bond acceptors (Lipinski definition) is 3. The highest BCUT2D eigenvalue weighted by Gasteiger charge is 2.08. The fourth-order valence-electron chi connectivity index (χ4n) is 2.52. The van der Waals surface area contributed by atoms with Crippen LogP contribution in [0.1, 0.15) is 17.3 Å². The van der Waals surface area contributed by atoms with E-state index in [1.54, 1.807) is 60.7 Å². The van der Waals surface area contributed by atoms with E-state index in [-0.39, 0.29) is 11.9 Å². The molecule has 3 N–H and O–H groups in total. The van der Waals surface area contributed by atoms with Crippen molar-refractivity contribution in [2.45, 2.75) is 6.92 Å². The number of carbonyl (C=O) groups excluding carboxylic acids is 2. The van der Waals surface area contributed by atoms with E-state index in [4.69, 9.17) is 4.74 Å².